The molecule has 2 rings (SSSR count). The Labute approximate surface area is 120 Å². The summed E-state index contributed by atoms with van der Waals surface area (Å²) in [5.74, 6) is 0.846. The molecule has 19 heavy (non-hydrogen) atoms. The molecule has 0 radical (unpaired) electrons. The van der Waals surface area contributed by atoms with Gasteiger partial charge in [0.05, 0.1) is 13.5 Å². The van der Waals surface area contributed by atoms with Crippen molar-refractivity contribution in [2.75, 3.05) is 7.11 Å². The number of halogens is 1. The van der Waals surface area contributed by atoms with Crippen molar-refractivity contribution in [2.24, 2.45) is 0 Å². The summed E-state index contributed by atoms with van der Waals surface area (Å²) in [5.41, 5.74) is 2.40. The molecule has 0 aliphatic heterocycles. The van der Waals surface area contributed by atoms with Gasteiger partial charge in [-0.3, -0.25) is 9.78 Å². The molecule has 0 saturated carbocycles. The topological polar surface area (TPSA) is 39.2 Å². The molecule has 98 valence electrons. The first kappa shape index (κ1) is 13.7. The van der Waals surface area contributed by atoms with Crippen molar-refractivity contribution in [3.63, 3.8) is 0 Å². The van der Waals surface area contributed by atoms with E-state index in [2.05, 4.69) is 20.9 Å². The van der Waals surface area contributed by atoms with Crippen LogP contribution < -0.4 is 4.74 Å². The van der Waals surface area contributed by atoms with Crippen LogP contribution in [0.25, 0.3) is 0 Å². The van der Waals surface area contributed by atoms with Crippen molar-refractivity contribution in [1.82, 2.24) is 4.98 Å². The van der Waals surface area contributed by atoms with E-state index >= 15 is 0 Å². The number of Topliss-reactive ketones (excluding diaryl/α,β-unsaturated/α-hetero) is 1. The number of carbonyl (C=O) groups is 1. The summed E-state index contributed by atoms with van der Waals surface area (Å²) in [6, 6.07) is 9.18. The standard InChI is InChI=1S/C15H14BrNO2/c1-10-7-11(3-6-15(10)19-2)14(18)8-13-5-4-12(16)9-17-13/h3-7,9H,8H2,1-2H3. The molecule has 1 aromatic heterocycles. The number of methoxy groups -OCH3 is 1. The third-order valence-electron chi connectivity index (χ3n) is 2.85. The molecule has 0 amide bonds. The lowest BCUT2D eigenvalue weighted by Crippen LogP contribution is -2.05. The second-order valence-electron chi connectivity index (χ2n) is 4.25. The van der Waals surface area contributed by atoms with Gasteiger partial charge in [0, 0.05) is 21.9 Å². The Morgan fingerprint density at radius 1 is 1.32 bits per heavy atom. The van der Waals surface area contributed by atoms with Crippen molar-refractivity contribution in [3.8, 4) is 5.75 Å². The highest BCUT2D eigenvalue weighted by Gasteiger charge is 2.10. The summed E-state index contributed by atoms with van der Waals surface area (Å²) >= 11 is 3.32. The van der Waals surface area contributed by atoms with Gasteiger partial charge in [-0.15, -0.1) is 0 Å². The molecule has 1 heterocycles. The molecule has 3 nitrogen and oxygen atoms in total. The largest absolute Gasteiger partial charge is 0.496 e. The minimum Gasteiger partial charge on any atom is -0.496 e. The number of hydrogen-bond donors (Lipinski definition) is 0. The highest BCUT2D eigenvalue weighted by molar-refractivity contribution is 9.10. The van der Waals surface area contributed by atoms with Crippen LogP contribution in [0.15, 0.2) is 41.0 Å². The van der Waals surface area contributed by atoms with Crippen molar-refractivity contribution >= 4 is 21.7 Å². The first-order valence-electron chi connectivity index (χ1n) is 5.88. The van der Waals surface area contributed by atoms with Crippen LogP contribution in [0.1, 0.15) is 21.6 Å². The van der Waals surface area contributed by atoms with E-state index in [0.29, 0.717) is 12.0 Å². The third kappa shape index (κ3) is 3.41. The van der Waals surface area contributed by atoms with Crippen molar-refractivity contribution < 1.29 is 9.53 Å². The van der Waals surface area contributed by atoms with E-state index in [0.717, 1.165) is 21.5 Å². The monoisotopic (exact) mass is 319 g/mol. The van der Waals surface area contributed by atoms with Crippen LogP contribution in [0.3, 0.4) is 0 Å². The Bertz CT molecular complexity index is 594. The van der Waals surface area contributed by atoms with Gasteiger partial charge in [0.15, 0.2) is 5.78 Å². The number of benzene rings is 1. The van der Waals surface area contributed by atoms with E-state index in [-0.39, 0.29) is 5.78 Å². The molecule has 0 saturated heterocycles. The Hall–Kier alpha value is -1.68. The summed E-state index contributed by atoms with van der Waals surface area (Å²) < 4.78 is 6.09. The van der Waals surface area contributed by atoms with E-state index in [1.54, 1.807) is 19.4 Å². The number of ether oxygens (including phenoxy) is 1. The third-order valence-corrected chi connectivity index (χ3v) is 3.32. The van der Waals surface area contributed by atoms with Crippen LogP contribution in [0, 0.1) is 6.92 Å². The molecule has 2 aromatic rings. The average Bonchev–Trinajstić information content (AvgIpc) is 2.41. The van der Waals surface area contributed by atoms with Gasteiger partial charge in [-0.1, -0.05) is 0 Å². The number of hydrogen-bond acceptors (Lipinski definition) is 3. The summed E-state index contributed by atoms with van der Waals surface area (Å²) in [7, 11) is 1.62. The molecular weight excluding hydrogens is 306 g/mol. The quantitative estimate of drug-likeness (QED) is 0.808. The normalized spacial score (nSPS) is 10.3. The fraction of sp³-hybridized carbons (Fsp3) is 0.200. The highest BCUT2D eigenvalue weighted by atomic mass is 79.9. The van der Waals surface area contributed by atoms with Gasteiger partial charge >= 0.3 is 0 Å². The molecule has 0 N–H and O–H groups in total. The summed E-state index contributed by atoms with van der Waals surface area (Å²) in [6.45, 7) is 1.92. The Morgan fingerprint density at radius 2 is 2.11 bits per heavy atom. The van der Waals surface area contributed by atoms with Crippen molar-refractivity contribution in [1.29, 1.82) is 0 Å². The zero-order chi connectivity index (χ0) is 13.8. The molecule has 0 atom stereocenters. The van der Waals surface area contributed by atoms with E-state index in [4.69, 9.17) is 4.74 Å². The molecule has 0 fully saturated rings. The zero-order valence-electron chi connectivity index (χ0n) is 10.8. The minimum absolute atomic E-state index is 0.0561. The van der Waals surface area contributed by atoms with Crippen molar-refractivity contribution in [2.45, 2.75) is 13.3 Å². The molecule has 1 aromatic carbocycles. The molecule has 0 bridgehead atoms. The molecule has 0 aliphatic carbocycles. The first-order valence-corrected chi connectivity index (χ1v) is 6.67. The Kier molecular flexibility index (Phi) is 4.32. The predicted molar refractivity (Wildman–Crippen MR) is 77.7 cm³/mol. The number of rotatable bonds is 4. The fourth-order valence-electron chi connectivity index (χ4n) is 1.83. The van der Waals surface area contributed by atoms with Crippen LogP contribution in [0.2, 0.25) is 0 Å². The van der Waals surface area contributed by atoms with E-state index < -0.39 is 0 Å². The molecular formula is C15H14BrNO2. The predicted octanol–water partition coefficient (Wildman–Crippen LogP) is 3.59. The molecule has 0 aliphatic rings. The van der Waals surface area contributed by atoms with Gasteiger partial charge in [0.25, 0.3) is 0 Å². The maximum Gasteiger partial charge on any atom is 0.168 e. The lowest BCUT2D eigenvalue weighted by Gasteiger charge is -2.06. The number of ketones is 1. The van der Waals surface area contributed by atoms with Gasteiger partial charge in [-0.05, 0) is 58.7 Å². The number of pyridine rings is 1. The lowest BCUT2D eigenvalue weighted by molar-refractivity contribution is 0.0992. The number of aromatic nitrogens is 1. The number of carbonyl (C=O) groups excluding carboxylic acids is 1. The summed E-state index contributed by atoms with van der Waals surface area (Å²) in [6.07, 6.45) is 2.00. The van der Waals surface area contributed by atoms with Crippen molar-refractivity contribution in [3.05, 3.63) is 57.8 Å². The summed E-state index contributed by atoms with van der Waals surface area (Å²) in [5, 5.41) is 0. The lowest BCUT2D eigenvalue weighted by atomic mass is 10.0. The fourth-order valence-corrected chi connectivity index (χ4v) is 2.06. The second kappa shape index (κ2) is 5.97. The van der Waals surface area contributed by atoms with Crippen LogP contribution in [0.5, 0.6) is 5.75 Å². The van der Waals surface area contributed by atoms with Gasteiger partial charge < -0.3 is 4.74 Å². The average molecular weight is 320 g/mol. The van der Waals surface area contributed by atoms with Crippen LogP contribution in [-0.4, -0.2) is 17.9 Å². The van der Waals surface area contributed by atoms with Crippen LogP contribution >= 0.6 is 15.9 Å². The molecule has 0 spiro atoms. The van der Waals surface area contributed by atoms with Crippen LogP contribution in [0.4, 0.5) is 0 Å². The van der Waals surface area contributed by atoms with Gasteiger partial charge in [0.1, 0.15) is 5.75 Å². The highest BCUT2D eigenvalue weighted by Crippen LogP contribution is 2.19. The van der Waals surface area contributed by atoms with E-state index in [1.807, 2.05) is 31.2 Å². The first-order chi connectivity index (χ1) is 9.10. The number of aryl methyl sites for hydroxylation is 1. The Balaban J connectivity index is 2.16. The van der Waals surface area contributed by atoms with Crippen LogP contribution in [-0.2, 0) is 6.42 Å². The Morgan fingerprint density at radius 3 is 2.68 bits per heavy atom. The molecule has 4 heteroatoms. The van der Waals surface area contributed by atoms with Gasteiger partial charge in [-0.25, -0.2) is 0 Å². The second-order valence-corrected chi connectivity index (χ2v) is 5.17. The summed E-state index contributed by atoms with van der Waals surface area (Å²) in [4.78, 5) is 16.4. The maximum atomic E-state index is 12.2. The van der Waals surface area contributed by atoms with E-state index in [9.17, 15) is 4.79 Å². The molecule has 0 unspecified atom stereocenters. The van der Waals surface area contributed by atoms with Gasteiger partial charge in [0.2, 0.25) is 0 Å². The number of nitrogens with zero attached hydrogens (tertiary/aromatic N) is 1. The smallest absolute Gasteiger partial charge is 0.168 e. The SMILES string of the molecule is COc1ccc(C(=O)Cc2ccc(Br)cn2)cc1C. The van der Waals surface area contributed by atoms with E-state index in [1.165, 1.54) is 0 Å². The van der Waals surface area contributed by atoms with Gasteiger partial charge in [-0.2, -0.15) is 0 Å². The minimum atomic E-state index is 0.0561. The maximum absolute atomic E-state index is 12.2. The zero-order valence-corrected chi connectivity index (χ0v) is 12.4.